The van der Waals surface area contributed by atoms with Gasteiger partial charge in [-0.3, -0.25) is 9.59 Å². The van der Waals surface area contributed by atoms with E-state index in [1.54, 1.807) is 25.4 Å². The third kappa shape index (κ3) is 2.20. The van der Waals surface area contributed by atoms with Crippen molar-refractivity contribution in [1.29, 1.82) is 0 Å². The van der Waals surface area contributed by atoms with Crippen LogP contribution in [0.2, 0.25) is 0 Å². The Morgan fingerprint density at radius 2 is 2.11 bits per heavy atom. The van der Waals surface area contributed by atoms with Crippen molar-refractivity contribution < 1.29 is 19.4 Å². The van der Waals surface area contributed by atoms with Gasteiger partial charge in [-0.05, 0) is 6.07 Å². The molecule has 1 heterocycles. The first kappa shape index (κ1) is 12.2. The van der Waals surface area contributed by atoms with Crippen LogP contribution in [0.15, 0.2) is 24.4 Å². The molecule has 0 spiro atoms. The Hall–Kier alpha value is -2.30. The Balaban J connectivity index is 2.34. The number of methoxy groups -OCH3 is 1. The Morgan fingerprint density at radius 1 is 1.33 bits per heavy atom. The second-order valence-electron chi connectivity index (χ2n) is 3.90. The molecular formula is C13H13NO4. The molecule has 0 saturated carbocycles. The number of hydrogen-bond acceptors (Lipinski definition) is 3. The molecule has 2 N–H and O–H groups in total. The van der Waals surface area contributed by atoms with Crippen molar-refractivity contribution in [2.75, 3.05) is 7.11 Å². The average Bonchev–Trinajstić information content (AvgIpc) is 2.79. The van der Waals surface area contributed by atoms with Gasteiger partial charge in [0.05, 0.1) is 19.0 Å². The van der Waals surface area contributed by atoms with E-state index in [0.29, 0.717) is 11.3 Å². The van der Waals surface area contributed by atoms with Gasteiger partial charge >= 0.3 is 5.97 Å². The summed E-state index contributed by atoms with van der Waals surface area (Å²) in [6.45, 7) is 0. The standard InChI is InChI=1S/C13H13NO4/c1-18-11-4-2-3-8-9(7-14-13(8)11)10(15)5-6-12(16)17/h2-4,7,14H,5-6H2,1H3,(H,16,17). The van der Waals surface area contributed by atoms with Gasteiger partial charge in [-0.25, -0.2) is 0 Å². The van der Waals surface area contributed by atoms with Gasteiger partial charge in [-0.2, -0.15) is 0 Å². The number of ketones is 1. The highest BCUT2D eigenvalue weighted by molar-refractivity contribution is 6.09. The molecule has 0 aliphatic rings. The summed E-state index contributed by atoms with van der Waals surface area (Å²) in [5, 5.41) is 9.33. The van der Waals surface area contributed by atoms with Crippen molar-refractivity contribution in [2.45, 2.75) is 12.8 Å². The monoisotopic (exact) mass is 247 g/mol. The quantitative estimate of drug-likeness (QED) is 0.794. The first-order valence-electron chi connectivity index (χ1n) is 5.52. The number of rotatable bonds is 5. The van der Waals surface area contributed by atoms with Crippen LogP contribution in [0.4, 0.5) is 0 Å². The van der Waals surface area contributed by atoms with Crippen LogP contribution < -0.4 is 4.74 Å². The molecule has 5 heteroatoms. The lowest BCUT2D eigenvalue weighted by atomic mass is 10.1. The second kappa shape index (κ2) is 4.91. The first-order chi connectivity index (χ1) is 8.63. The molecule has 0 fully saturated rings. The van der Waals surface area contributed by atoms with E-state index in [4.69, 9.17) is 9.84 Å². The van der Waals surface area contributed by atoms with Crippen molar-refractivity contribution >= 4 is 22.7 Å². The van der Waals surface area contributed by atoms with E-state index in [2.05, 4.69) is 4.98 Å². The van der Waals surface area contributed by atoms with Crippen LogP contribution in [0.1, 0.15) is 23.2 Å². The van der Waals surface area contributed by atoms with Crippen LogP contribution in [0.25, 0.3) is 10.9 Å². The number of carboxylic acid groups (broad SMARTS) is 1. The Kier molecular flexibility index (Phi) is 3.32. The molecule has 0 radical (unpaired) electrons. The number of carbonyl (C=O) groups is 2. The fourth-order valence-electron chi connectivity index (χ4n) is 1.88. The van der Waals surface area contributed by atoms with Gasteiger partial charge in [0.25, 0.3) is 0 Å². The number of carbonyl (C=O) groups excluding carboxylic acids is 1. The number of carboxylic acids is 1. The van der Waals surface area contributed by atoms with Crippen LogP contribution >= 0.6 is 0 Å². The Morgan fingerprint density at radius 3 is 2.78 bits per heavy atom. The lowest BCUT2D eigenvalue weighted by molar-refractivity contribution is -0.136. The Labute approximate surface area is 103 Å². The predicted molar refractivity (Wildman–Crippen MR) is 66.1 cm³/mol. The number of H-pyrrole nitrogens is 1. The van der Waals surface area contributed by atoms with Gasteiger partial charge in [0.2, 0.25) is 0 Å². The molecule has 0 saturated heterocycles. The fraction of sp³-hybridized carbons (Fsp3) is 0.231. The number of hydrogen-bond donors (Lipinski definition) is 2. The minimum atomic E-state index is -0.972. The van der Waals surface area contributed by atoms with Crippen LogP contribution in [-0.4, -0.2) is 29.0 Å². The summed E-state index contributed by atoms with van der Waals surface area (Å²) in [5.74, 6) is -0.498. The number of aromatic nitrogens is 1. The van der Waals surface area contributed by atoms with Gasteiger partial charge in [0, 0.05) is 23.6 Å². The van der Waals surface area contributed by atoms with Crippen LogP contribution in [0, 0.1) is 0 Å². The molecule has 18 heavy (non-hydrogen) atoms. The van der Waals surface area contributed by atoms with Gasteiger partial charge in [0.1, 0.15) is 5.75 Å². The minimum Gasteiger partial charge on any atom is -0.495 e. The number of Topliss-reactive ketones (excluding diaryl/α,β-unsaturated/α-hetero) is 1. The minimum absolute atomic E-state index is 0.000500. The normalized spacial score (nSPS) is 10.5. The van der Waals surface area contributed by atoms with Crippen molar-refractivity contribution in [3.05, 3.63) is 30.0 Å². The lowest BCUT2D eigenvalue weighted by Gasteiger charge is -2.01. The lowest BCUT2D eigenvalue weighted by Crippen LogP contribution is -2.03. The molecule has 2 rings (SSSR count). The fourth-order valence-corrected chi connectivity index (χ4v) is 1.88. The van der Waals surface area contributed by atoms with Gasteiger partial charge in [-0.1, -0.05) is 12.1 Å². The van der Waals surface area contributed by atoms with Crippen molar-refractivity contribution in [2.24, 2.45) is 0 Å². The molecule has 0 aliphatic heterocycles. The molecule has 0 aliphatic carbocycles. The summed E-state index contributed by atoms with van der Waals surface area (Å²) in [7, 11) is 1.56. The summed E-state index contributed by atoms with van der Waals surface area (Å²) in [5.41, 5.74) is 1.25. The van der Waals surface area contributed by atoms with E-state index in [9.17, 15) is 9.59 Å². The van der Waals surface area contributed by atoms with Gasteiger partial charge in [0.15, 0.2) is 5.78 Å². The van der Waals surface area contributed by atoms with Crippen LogP contribution in [0.3, 0.4) is 0 Å². The molecule has 5 nitrogen and oxygen atoms in total. The molecule has 94 valence electrons. The maximum atomic E-state index is 11.9. The third-order valence-electron chi connectivity index (χ3n) is 2.76. The van der Waals surface area contributed by atoms with Crippen molar-refractivity contribution in [1.82, 2.24) is 4.98 Å². The third-order valence-corrected chi connectivity index (χ3v) is 2.76. The van der Waals surface area contributed by atoms with E-state index in [0.717, 1.165) is 10.9 Å². The summed E-state index contributed by atoms with van der Waals surface area (Å²) >= 11 is 0. The van der Waals surface area contributed by atoms with Gasteiger partial charge < -0.3 is 14.8 Å². The largest absolute Gasteiger partial charge is 0.495 e. The highest BCUT2D eigenvalue weighted by Crippen LogP contribution is 2.27. The molecule has 1 aromatic heterocycles. The number of fused-ring (bicyclic) bond motifs is 1. The summed E-state index contributed by atoms with van der Waals surface area (Å²) in [6, 6.07) is 5.40. The molecule has 1 aromatic carbocycles. The smallest absolute Gasteiger partial charge is 0.303 e. The molecule has 0 atom stereocenters. The molecule has 0 amide bonds. The summed E-state index contributed by atoms with van der Waals surface area (Å²) < 4.78 is 5.18. The number of nitrogens with one attached hydrogen (secondary N) is 1. The van der Waals surface area contributed by atoms with Gasteiger partial charge in [-0.15, -0.1) is 0 Å². The van der Waals surface area contributed by atoms with Crippen LogP contribution in [-0.2, 0) is 4.79 Å². The van der Waals surface area contributed by atoms with E-state index >= 15 is 0 Å². The summed E-state index contributed by atoms with van der Waals surface area (Å²) in [6.07, 6.45) is 1.44. The van der Waals surface area contributed by atoms with Crippen molar-refractivity contribution in [3.8, 4) is 5.75 Å². The SMILES string of the molecule is COc1cccc2c(C(=O)CCC(=O)O)c[nH]c12. The zero-order valence-electron chi connectivity index (χ0n) is 9.90. The topological polar surface area (TPSA) is 79.4 Å². The van der Waals surface area contributed by atoms with E-state index in [1.165, 1.54) is 0 Å². The number of aromatic amines is 1. The highest BCUT2D eigenvalue weighted by Gasteiger charge is 2.14. The maximum absolute atomic E-state index is 11.9. The van der Waals surface area contributed by atoms with E-state index in [1.807, 2.05) is 6.07 Å². The molecular weight excluding hydrogens is 234 g/mol. The zero-order chi connectivity index (χ0) is 13.1. The second-order valence-corrected chi connectivity index (χ2v) is 3.90. The van der Waals surface area contributed by atoms with Crippen molar-refractivity contribution in [3.63, 3.8) is 0 Å². The number of aliphatic carboxylic acids is 1. The van der Waals surface area contributed by atoms with Crippen LogP contribution in [0.5, 0.6) is 5.75 Å². The first-order valence-corrected chi connectivity index (χ1v) is 5.52. The molecule has 0 bridgehead atoms. The number of para-hydroxylation sites is 1. The highest BCUT2D eigenvalue weighted by atomic mass is 16.5. The predicted octanol–water partition coefficient (Wildman–Crippen LogP) is 2.22. The maximum Gasteiger partial charge on any atom is 0.303 e. The van der Waals surface area contributed by atoms with E-state index < -0.39 is 5.97 Å². The Bertz CT molecular complexity index is 600. The zero-order valence-corrected chi connectivity index (χ0v) is 9.90. The number of benzene rings is 1. The molecule has 2 aromatic rings. The average molecular weight is 247 g/mol. The van der Waals surface area contributed by atoms with E-state index in [-0.39, 0.29) is 18.6 Å². The molecule has 0 unspecified atom stereocenters. The number of ether oxygens (including phenoxy) is 1. The summed E-state index contributed by atoms with van der Waals surface area (Å²) in [4.78, 5) is 25.3.